The topological polar surface area (TPSA) is 125 Å². The standard InChI is InChI=1S/C5H9NO4.C2H3BO3/c1-10-5(9)3-6-2-4(7)8;1-2-6-3(4)5/h6H,2-3H2,1H3,(H,7,8);1,4-5H. The Balaban J connectivity index is 0. The molecule has 0 bridgehead atoms. The summed E-state index contributed by atoms with van der Waals surface area (Å²) in [5.74, 6) is -1.47. The van der Waals surface area contributed by atoms with E-state index < -0.39 is 19.3 Å². The summed E-state index contributed by atoms with van der Waals surface area (Å²) in [6.07, 6.45) is 6.00. The van der Waals surface area contributed by atoms with Crippen LogP contribution in [0.15, 0.2) is 0 Å². The molecule has 9 heteroatoms. The average Bonchev–Trinajstić information content (AvgIpc) is 2.17. The number of nitrogens with one attached hydrogen (secondary N) is 1. The molecule has 0 amide bonds. The van der Waals surface area contributed by atoms with Crippen LogP contribution in [-0.4, -0.2) is 54.6 Å². The van der Waals surface area contributed by atoms with Crippen molar-refractivity contribution in [1.82, 2.24) is 5.32 Å². The maximum absolute atomic E-state index is 10.3. The fourth-order valence-corrected chi connectivity index (χ4v) is 0.405. The van der Waals surface area contributed by atoms with E-state index in [4.69, 9.17) is 15.2 Å². The van der Waals surface area contributed by atoms with E-state index >= 15 is 0 Å². The van der Waals surface area contributed by atoms with Gasteiger partial charge >= 0.3 is 19.3 Å². The van der Waals surface area contributed by atoms with Gasteiger partial charge in [-0.1, -0.05) is 6.42 Å². The number of esters is 1. The van der Waals surface area contributed by atoms with E-state index in [1.807, 2.05) is 0 Å². The lowest BCUT2D eigenvalue weighted by atomic mass is 10.3. The monoisotopic (exact) mass is 233 g/mol. The molecule has 4 N–H and O–H groups in total. The van der Waals surface area contributed by atoms with Crippen LogP contribution in [0.25, 0.3) is 0 Å². The highest BCUT2D eigenvalue weighted by Crippen LogP contribution is 1.68. The summed E-state index contributed by atoms with van der Waals surface area (Å²) in [6, 6.07) is 0. The largest absolute Gasteiger partial charge is 0.716 e. The molecule has 0 aromatic carbocycles. The average molecular weight is 233 g/mol. The molecule has 0 fully saturated rings. The Kier molecular flexibility index (Phi) is 11.8. The minimum absolute atomic E-state index is 0.0667. The number of hydrogen-bond acceptors (Lipinski definition) is 7. The van der Waals surface area contributed by atoms with Gasteiger partial charge in [-0.15, -0.1) is 0 Å². The number of ether oxygens (including phenoxy) is 1. The van der Waals surface area contributed by atoms with Gasteiger partial charge < -0.3 is 24.5 Å². The quantitative estimate of drug-likeness (QED) is 0.231. The van der Waals surface area contributed by atoms with Crippen LogP contribution in [0, 0.1) is 12.5 Å². The molecular weight excluding hydrogens is 221 g/mol. The molecule has 0 aliphatic heterocycles. The van der Waals surface area contributed by atoms with Crippen molar-refractivity contribution < 1.29 is 34.1 Å². The molecule has 0 atom stereocenters. The van der Waals surface area contributed by atoms with E-state index in [0.717, 1.165) is 0 Å². The smallest absolute Gasteiger partial charge is 0.480 e. The van der Waals surface area contributed by atoms with Crippen LogP contribution < -0.4 is 5.32 Å². The SMILES string of the molecule is C#COB(O)O.COC(=O)CNCC(=O)O. The van der Waals surface area contributed by atoms with E-state index in [2.05, 4.69) is 21.1 Å². The molecule has 0 aromatic rings. The highest BCUT2D eigenvalue weighted by Gasteiger charge is 2.05. The Hall–Kier alpha value is -1.76. The molecule has 0 saturated heterocycles. The normalized spacial score (nSPS) is 7.88. The predicted molar refractivity (Wildman–Crippen MR) is 52.6 cm³/mol. The van der Waals surface area contributed by atoms with Gasteiger partial charge in [0.15, 0.2) is 0 Å². The van der Waals surface area contributed by atoms with Crippen molar-refractivity contribution in [2.75, 3.05) is 20.2 Å². The number of aliphatic carboxylic acids is 1. The Morgan fingerprint density at radius 1 is 1.44 bits per heavy atom. The van der Waals surface area contributed by atoms with Gasteiger partial charge in [0.05, 0.1) is 26.3 Å². The third-order valence-electron chi connectivity index (χ3n) is 0.947. The van der Waals surface area contributed by atoms with Crippen molar-refractivity contribution in [2.24, 2.45) is 0 Å². The molecule has 0 radical (unpaired) electrons. The van der Waals surface area contributed by atoms with Crippen LogP contribution >= 0.6 is 0 Å². The summed E-state index contributed by atoms with van der Waals surface area (Å²) in [4.78, 5) is 20.2. The van der Waals surface area contributed by atoms with Crippen LogP contribution in [0.2, 0.25) is 0 Å². The maximum Gasteiger partial charge on any atom is 0.716 e. The van der Waals surface area contributed by atoms with Crippen LogP contribution in [0.5, 0.6) is 0 Å². The van der Waals surface area contributed by atoms with E-state index in [1.165, 1.54) is 7.11 Å². The van der Waals surface area contributed by atoms with Crippen molar-refractivity contribution >= 4 is 19.3 Å². The van der Waals surface area contributed by atoms with Gasteiger partial charge in [0.2, 0.25) is 0 Å². The first-order valence-corrected chi connectivity index (χ1v) is 3.90. The number of rotatable bonds is 5. The zero-order valence-electron chi connectivity index (χ0n) is 8.54. The van der Waals surface area contributed by atoms with Crippen LogP contribution in [0.4, 0.5) is 0 Å². The fraction of sp³-hybridized carbons (Fsp3) is 0.429. The van der Waals surface area contributed by atoms with E-state index in [1.54, 1.807) is 6.11 Å². The van der Waals surface area contributed by atoms with Crippen LogP contribution in [0.3, 0.4) is 0 Å². The highest BCUT2D eigenvalue weighted by atomic mass is 16.6. The van der Waals surface area contributed by atoms with Gasteiger partial charge in [-0.25, -0.2) is 0 Å². The third-order valence-corrected chi connectivity index (χ3v) is 0.947. The van der Waals surface area contributed by atoms with Crippen molar-refractivity contribution in [1.29, 1.82) is 0 Å². The molecular formula is C7H12BNO7. The minimum Gasteiger partial charge on any atom is -0.480 e. The molecule has 0 aliphatic carbocycles. The molecule has 0 rings (SSSR count). The second kappa shape index (κ2) is 11.3. The molecule has 0 spiro atoms. The molecule has 0 saturated carbocycles. The summed E-state index contributed by atoms with van der Waals surface area (Å²) in [6.45, 7) is -0.294. The van der Waals surface area contributed by atoms with Gasteiger partial charge in [0, 0.05) is 0 Å². The fourth-order valence-electron chi connectivity index (χ4n) is 0.405. The number of carboxylic acids is 1. The van der Waals surface area contributed by atoms with Gasteiger partial charge in [0.1, 0.15) is 0 Å². The van der Waals surface area contributed by atoms with Crippen molar-refractivity contribution in [3.05, 3.63) is 0 Å². The number of terminal acetylenes is 1. The molecule has 8 nitrogen and oxygen atoms in total. The van der Waals surface area contributed by atoms with E-state index in [0.29, 0.717) is 0 Å². The first-order chi connectivity index (χ1) is 7.43. The predicted octanol–water partition coefficient (Wildman–Crippen LogP) is -2.60. The summed E-state index contributed by atoms with van der Waals surface area (Å²) in [5.41, 5.74) is 0. The van der Waals surface area contributed by atoms with Crippen molar-refractivity contribution in [3.8, 4) is 12.5 Å². The molecule has 0 aromatic heterocycles. The molecule has 0 unspecified atom stereocenters. The second-order valence-corrected chi connectivity index (χ2v) is 2.14. The Bertz CT molecular complexity index is 250. The van der Waals surface area contributed by atoms with Crippen LogP contribution in [0.1, 0.15) is 0 Å². The van der Waals surface area contributed by atoms with Gasteiger partial charge in [-0.05, 0) is 0 Å². The number of carboxylic acid groups (broad SMARTS) is 1. The number of hydrogen-bond donors (Lipinski definition) is 4. The zero-order chi connectivity index (χ0) is 13.0. The van der Waals surface area contributed by atoms with E-state index in [-0.39, 0.29) is 13.1 Å². The Morgan fingerprint density at radius 2 is 2.00 bits per heavy atom. The number of carbonyl (C=O) groups is 2. The Morgan fingerprint density at radius 3 is 2.25 bits per heavy atom. The summed E-state index contributed by atoms with van der Waals surface area (Å²) < 4.78 is 7.92. The zero-order valence-corrected chi connectivity index (χ0v) is 8.54. The molecule has 0 heterocycles. The first kappa shape index (κ1) is 16.7. The maximum atomic E-state index is 10.3. The van der Waals surface area contributed by atoms with Crippen molar-refractivity contribution in [2.45, 2.75) is 0 Å². The summed E-state index contributed by atoms with van der Waals surface area (Å²) >= 11 is 0. The second-order valence-electron chi connectivity index (χ2n) is 2.14. The molecule has 16 heavy (non-hydrogen) atoms. The van der Waals surface area contributed by atoms with Gasteiger partial charge in [-0.2, -0.15) is 0 Å². The highest BCUT2D eigenvalue weighted by molar-refractivity contribution is 6.33. The van der Waals surface area contributed by atoms with Crippen molar-refractivity contribution in [3.63, 3.8) is 0 Å². The number of carbonyl (C=O) groups excluding carboxylic acids is 1. The van der Waals surface area contributed by atoms with E-state index in [9.17, 15) is 9.59 Å². The molecule has 0 aliphatic rings. The summed E-state index contributed by atoms with van der Waals surface area (Å²) in [7, 11) is -0.597. The minimum atomic E-state index is -1.84. The van der Waals surface area contributed by atoms with Crippen LogP contribution in [-0.2, 0) is 19.0 Å². The molecule has 90 valence electrons. The lowest BCUT2D eigenvalue weighted by Gasteiger charge is -1.97. The van der Waals surface area contributed by atoms with Gasteiger partial charge in [0.25, 0.3) is 0 Å². The lowest BCUT2D eigenvalue weighted by molar-refractivity contribution is -0.140. The number of methoxy groups -OCH3 is 1. The Labute approximate surface area is 92.3 Å². The lowest BCUT2D eigenvalue weighted by Crippen LogP contribution is -2.28. The summed E-state index contributed by atoms with van der Waals surface area (Å²) in [5, 5.41) is 25.9. The van der Waals surface area contributed by atoms with Gasteiger partial charge in [-0.3, -0.25) is 14.9 Å². The first-order valence-electron chi connectivity index (χ1n) is 3.90. The third kappa shape index (κ3) is 18.1.